The normalized spacial score (nSPS) is 23.2. The zero-order valence-electron chi connectivity index (χ0n) is 10.1. The fraction of sp³-hybridized carbons (Fsp3) is 1.00. The number of rotatable bonds is 6. The van der Waals surface area contributed by atoms with Crippen LogP contribution in [0.4, 0.5) is 0 Å². The minimum absolute atomic E-state index is 0.266. The first kappa shape index (κ1) is 13.2. The van der Waals surface area contributed by atoms with Crippen molar-refractivity contribution < 1.29 is 9.57 Å². The first-order chi connectivity index (χ1) is 7.10. The number of hydrogen-bond donors (Lipinski definition) is 0. The number of ether oxygens (including phenoxy) is 1. The molecule has 1 unspecified atom stereocenters. The van der Waals surface area contributed by atoms with E-state index in [0.29, 0.717) is 0 Å². The fourth-order valence-corrected chi connectivity index (χ4v) is 1.98. The molecule has 0 spiro atoms. The summed E-state index contributed by atoms with van der Waals surface area (Å²) >= 11 is 0. The van der Waals surface area contributed by atoms with Crippen LogP contribution in [0.1, 0.15) is 40.0 Å². The average Bonchev–Trinajstić information content (AvgIpc) is 2.52. The van der Waals surface area contributed by atoms with Crippen molar-refractivity contribution in [3.05, 3.63) is 0 Å². The fourth-order valence-electron chi connectivity index (χ4n) is 1.70. The van der Waals surface area contributed by atoms with E-state index < -0.39 is 0 Å². The van der Waals surface area contributed by atoms with E-state index in [2.05, 4.69) is 17.2 Å². The Bertz CT molecular complexity index is 187. The molecule has 1 saturated heterocycles. The second kappa shape index (κ2) is 5.99. The predicted molar refractivity (Wildman–Crippen MR) is 61.7 cm³/mol. The van der Waals surface area contributed by atoms with E-state index in [-0.39, 0.29) is 11.8 Å². The van der Waals surface area contributed by atoms with E-state index >= 15 is 0 Å². The molecule has 0 aliphatic carbocycles. The molecule has 0 aromatic heterocycles. The lowest BCUT2D eigenvalue weighted by atomic mass is 10.2. The first-order valence-electron chi connectivity index (χ1n) is 5.83. The second-order valence-electron chi connectivity index (χ2n) is 4.47. The Labute approximate surface area is 96.5 Å². The minimum atomic E-state index is -0.272. The summed E-state index contributed by atoms with van der Waals surface area (Å²) in [6, 6.07) is 0.882. The van der Waals surface area contributed by atoms with Gasteiger partial charge in [0.05, 0.1) is 19.3 Å². The van der Waals surface area contributed by atoms with E-state index in [1.165, 1.54) is 12.8 Å². The summed E-state index contributed by atoms with van der Waals surface area (Å²) < 4.78 is 5.59. The van der Waals surface area contributed by atoms with Gasteiger partial charge in [0.1, 0.15) is 5.72 Å². The summed E-state index contributed by atoms with van der Waals surface area (Å²) in [4.78, 5) is 5.94. The van der Waals surface area contributed by atoms with Gasteiger partial charge in [-0.3, -0.25) is 4.84 Å². The topological polar surface area (TPSA) is 21.7 Å². The maximum Gasteiger partial charge on any atom is 0.138 e. The second-order valence-corrected chi connectivity index (χ2v) is 4.88. The molecule has 1 aliphatic heterocycles. The van der Waals surface area contributed by atoms with Crippen molar-refractivity contribution >= 4 is 10.2 Å². The highest BCUT2D eigenvalue weighted by Crippen LogP contribution is 2.24. The van der Waals surface area contributed by atoms with Gasteiger partial charge in [-0.05, 0) is 26.3 Å². The van der Waals surface area contributed by atoms with Crippen LogP contribution in [0.15, 0.2) is 0 Å². The van der Waals surface area contributed by atoms with Gasteiger partial charge in [0.15, 0.2) is 0 Å². The molecule has 1 rings (SSSR count). The smallest absolute Gasteiger partial charge is 0.138 e. The molecule has 3 radical (unpaired) electrons. The van der Waals surface area contributed by atoms with Gasteiger partial charge < -0.3 is 4.74 Å². The monoisotopic (exact) mass is 228 g/mol. The van der Waals surface area contributed by atoms with E-state index in [0.717, 1.165) is 25.6 Å². The highest BCUT2D eigenvalue weighted by Gasteiger charge is 2.35. The molecular formula is C11H22NO2Si. The van der Waals surface area contributed by atoms with Crippen LogP contribution < -0.4 is 0 Å². The molecule has 0 amide bonds. The summed E-state index contributed by atoms with van der Waals surface area (Å²) in [7, 11) is 3.55. The molecule has 1 atom stereocenters. The average molecular weight is 228 g/mol. The Morgan fingerprint density at radius 2 is 2.27 bits per heavy atom. The third-order valence-corrected chi connectivity index (χ3v) is 3.19. The number of nitrogens with zero attached hydrogens (tertiary/aromatic N) is 1. The van der Waals surface area contributed by atoms with Crippen molar-refractivity contribution in [1.29, 1.82) is 0 Å². The van der Waals surface area contributed by atoms with Crippen LogP contribution in [-0.4, -0.2) is 40.3 Å². The van der Waals surface area contributed by atoms with Crippen LogP contribution in [0.5, 0.6) is 0 Å². The maximum atomic E-state index is 5.94. The Balaban J connectivity index is 2.37. The van der Waals surface area contributed by atoms with E-state index in [1.54, 1.807) is 0 Å². The molecule has 0 aromatic carbocycles. The molecule has 0 aromatic rings. The van der Waals surface area contributed by atoms with Gasteiger partial charge in [-0.15, -0.1) is 0 Å². The number of hydrogen-bond acceptors (Lipinski definition) is 3. The van der Waals surface area contributed by atoms with E-state index in [1.807, 2.05) is 18.9 Å². The molecule has 0 N–H and O–H groups in total. The minimum Gasteiger partial charge on any atom is -0.357 e. The summed E-state index contributed by atoms with van der Waals surface area (Å²) in [5.41, 5.74) is -0.272. The quantitative estimate of drug-likeness (QED) is 0.650. The molecule has 0 saturated carbocycles. The molecule has 4 heteroatoms. The molecular weight excluding hydrogens is 206 g/mol. The van der Waals surface area contributed by atoms with Crippen LogP contribution in [0, 0.1) is 0 Å². The third-order valence-electron chi connectivity index (χ3n) is 2.73. The summed E-state index contributed by atoms with van der Waals surface area (Å²) in [6.45, 7) is 7.92. The van der Waals surface area contributed by atoms with Gasteiger partial charge in [0.2, 0.25) is 0 Å². The molecule has 0 bridgehead atoms. The van der Waals surface area contributed by atoms with Crippen LogP contribution in [-0.2, 0) is 9.57 Å². The molecule has 1 heterocycles. The standard InChI is InChI=1S/C11H22NO2Si/c1-4-5-6-10(9-15)14-12-7-8-13-11(12,2)3/h10H,4-9H2,1-3H3. The molecule has 3 nitrogen and oxygen atoms in total. The molecule has 1 fully saturated rings. The van der Waals surface area contributed by atoms with Crippen molar-refractivity contribution in [3.8, 4) is 0 Å². The van der Waals surface area contributed by atoms with Crippen LogP contribution in [0.3, 0.4) is 0 Å². The van der Waals surface area contributed by atoms with E-state index in [4.69, 9.17) is 9.57 Å². The SMILES string of the molecule is CCCCC(C[Si])ON1CCOC1(C)C. The van der Waals surface area contributed by atoms with Crippen LogP contribution in [0.2, 0.25) is 6.04 Å². The summed E-state index contributed by atoms with van der Waals surface area (Å²) in [6.07, 6.45) is 3.80. The van der Waals surface area contributed by atoms with Crippen molar-refractivity contribution in [2.75, 3.05) is 13.2 Å². The van der Waals surface area contributed by atoms with Gasteiger partial charge in [0, 0.05) is 10.2 Å². The Kier molecular flexibility index (Phi) is 5.25. The van der Waals surface area contributed by atoms with Gasteiger partial charge in [-0.2, -0.15) is 5.06 Å². The van der Waals surface area contributed by atoms with Crippen LogP contribution >= 0.6 is 0 Å². The third kappa shape index (κ3) is 3.87. The lowest BCUT2D eigenvalue weighted by molar-refractivity contribution is -0.266. The van der Waals surface area contributed by atoms with Gasteiger partial charge in [0.25, 0.3) is 0 Å². The Morgan fingerprint density at radius 1 is 1.53 bits per heavy atom. The lowest BCUT2D eigenvalue weighted by Crippen LogP contribution is -2.41. The molecule has 15 heavy (non-hydrogen) atoms. The first-order valence-corrected chi connectivity index (χ1v) is 6.54. The lowest BCUT2D eigenvalue weighted by Gasteiger charge is -2.32. The molecule has 1 aliphatic rings. The molecule has 87 valence electrons. The largest absolute Gasteiger partial charge is 0.357 e. The van der Waals surface area contributed by atoms with Crippen molar-refractivity contribution in [1.82, 2.24) is 5.06 Å². The van der Waals surface area contributed by atoms with E-state index in [9.17, 15) is 0 Å². The summed E-state index contributed by atoms with van der Waals surface area (Å²) in [5.74, 6) is 0. The van der Waals surface area contributed by atoms with Crippen LogP contribution in [0.25, 0.3) is 0 Å². The highest BCUT2D eigenvalue weighted by molar-refractivity contribution is 6.08. The number of unbranched alkanes of at least 4 members (excludes halogenated alkanes) is 1. The number of hydroxylamine groups is 2. The predicted octanol–water partition coefficient (Wildman–Crippen LogP) is 2.13. The van der Waals surface area contributed by atoms with Gasteiger partial charge in [-0.1, -0.05) is 19.8 Å². The summed E-state index contributed by atoms with van der Waals surface area (Å²) in [5, 5.41) is 1.97. The zero-order chi connectivity index (χ0) is 11.3. The van der Waals surface area contributed by atoms with Crippen molar-refractivity contribution in [2.45, 2.75) is 57.9 Å². The Hall–Kier alpha value is 0.0969. The van der Waals surface area contributed by atoms with Gasteiger partial charge >= 0.3 is 0 Å². The zero-order valence-corrected chi connectivity index (χ0v) is 11.1. The van der Waals surface area contributed by atoms with Crippen molar-refractivity contribution in [3.63, 3.8) is 0 Å². The van der Waals surface area contributed by atoms with Crippen molar-refractivity contribution in [2.24, 2.45) is 0 Å². The maximum absolute atomic E-state index is 5.94. The highest BCUT2D eigenvalue weighted by atomic mass is 28.1. The van der Waals surface area contributed by atoms with Gasteiger partial charge in [-0.25, -0.2) is 0 Å². The Morgan fingerprint density at radius 3 is 2.73 bits per heavy atom.